The standard InChI is InChI=1S/C6H9ClN4S/c1-11(2)6-10-5(7)4(12-6)3-9-8/h3H,8H2,1-2H3/b9-3+. The van der Waals surface area contributed by atoms with Gasteiger partial charge in [0.25, 0.3) is 0 Å². The summed E-state index contributed by atoms with van der Waals surface area (Å²) >= 11 is 7.24. The largest absolute Gasteiger partial charge is 0.354 e. The zero-order valence-electron chi connectivity index (χ0n) is 6.78. The normalized spacial score (nSPS) is 10.9. The highest BCUT2D eigenvalue weighted by Gasteiger charge is 2.07. The minimum absolute atomic E-state index is 0.443. The number of nitrogens with zero attached hydrogens (tertiary/aromatic N) is 3. The number of halogens is 1. The Hall–Kier alpha value is -0.810. The summed E-state index contributed by atoms with van der Waals surface area (Å²) in [6.07, 6.45) is 1.49. The van der Waals surface area contributed by atoms with Gasteiger partial charge in [0.15, 0.2) is 10.3 Å². The molecule has 0 radical (unpaired) electrons. The van der Waals surface area contributed by atoms with Gasteiger partial charge in [0.1, 0.15) is 0 Å². The maximum Gasteiger partial charge on any atom is 0.186 e. The topological polar surface area (TPSA) is 54.5 Å². The Morgan fingerprint density at radius 1 is 1.67 bits per heavy atom. The van der Waals surface area contributed by atoms with E-state index in [1.54, 1.807) is 0 Å². The second kappa shape index (κ2) is 3.73. The second-order valence-corrected chi connectivity index (χ2v) is 3.69. The van der Waals surface area contributed by atoms with Crippen molar-refractivity contribution in [3.8, 4) is 0 Å². The van der Waals surface area contributed by atoms with Crippen LogP contribution in [0.25, 0.3) is 0 Å². The maximum absolute atomic E-state index is 5.79. The van der Waals surface area contributed by atoms with Gasteiger partial charge < -0.3 is 10.7 Å². The van der Waals surface area contributed by atoms with Gasteiger partial charge in [-0.1, -0.05) is 22.9 Å². The van der Waals surface area contributed by atoms with Crippen molar-refractivity contribution in [1.82, 2.24) is 4.98 Å². The molecule has 6 heteroatoms. The number of thiazole rings is 1. The first-order valence-corrected chi connectivity index (χ1v) is 4.41. The predicted octanol–water partition coefficient (Wildman–Crippen LogP) is 1.16. The van der Waals surface area contributed by atoms with Crippen LogP contribution in [0.15, 0.2) is 5.10 Å². The molecule has 1 aromatic heterocycles. The molecule has 12 heavy (non-hydrogen) atoms. The molecule has 1 rings (SSSR count). The number of hydrazone groups is 1. The lowest BCUT2D eigenvalue weighted by molar-refractivity contribution is 1.10. The van der Waals surface area contributed by atoms with E-state index >= 15 is 0 Å². The Bertz CT molecular complexity index is 294. The number of aromatic nitrogens is 1. The number of hydrogen-bond donors (Lipinski definition) is 1. The average Bonchev–Trinajstić information content (AvgIpc) is 2.34. The van der Waals surface area contributed by atoms with Crippen molar-refractivity contribution in [3.05, 3.63) is 10.0 Å². The summed E-state index contributed by atoms with van der Waals surface area (Å²) in [5, 5.41) is 4.67. The summed E-state index contributed by atoms with van der Waals surface area (Å²) in [6.45, 7) is 0. The zero-order valence-corrected chi connectivity index (χ0v) is 8.35. The van der Waals surface area contributed by atoms with Crippen molar-refractivity contribution in [2.24, 2.45) is 10.9 Å². The molecule has 1 heterocycles. The summed E-state index contributed by atoms with van der Waals surface area (Å²) in [5.41, 5.74) is 0. The van der Waals surface area contributed by atoms with Crippen LogP contribution in [0.4, 0.5) is 5.13 Å². The van der Waals surface area contributed by atoms with Crippen molar-refractivity contribution in [2.45, 2.75) is 0 Å². The van der Waals surface area contributed by atoms with Crippen molar-refractivity contribution in [2.75, 3.05) is 19.0 Å². The van der Waals surface area contributed by atoms with E-state index in [2.05, 4.69) is 10.1 Å². The Balaban J connectivity index is 3.00. The molecule has 0 aliphatic rings. The van der Waals surface area contributed by atoms with Crippen LogP contribution in [0, 0.1) is 0 Å². The highest BCUT2D eigenvalue weighted by molar-refractivity contribution is 7.17. The van der Waals surface area contributed by atoms with Crippen LogP contribution >= 0.6 is 22.9 Å². The first kappa shape index (κ1) is 9.28. The highest BCUT2D eigenvalue weighted by Crippen LogP contribution is 2.26. The maximum atomic E-state index is 5.79. The fraction of sp³-hybridized carbons (Fsp3) is 0.333. The summed E-state index contributed by atoms with van der Waals surface area (Å²) < 4.78 is 0. The first-order valence-electron chi connectivity index (χ1n) is 3.22. The number of hydrogen-bond acceptors (Lipinski definition) is 5. The molecule has 0 spiro atoms. The van der Waals surface area contributed by atoms with E-state index in [0.717, 1.165) is 10.0 Å². The SMILES string of the molecule is CN(C)c1nc(Cl)c(/C=N/N)s1. The number of rotatable bonds is 2. The van der Waals surface area contributed by atoms with Crippen LogP contribution < -0.4 is 10.7 Å². The van der Waals surface area contributed by atoms with Crippen molar-refractivity contribution in [3.63, 3.8) is 0 Å². The highest BCUT2D eigenvalue weighted by atomic mass is 35.5. The monoisotopic (exact) mass is 204 g/mol. The van der Waals surface area contributed by atoms with Crippen LogP contribution in [0.5, 0.6) is 0 Å². The lowest BCUT2D eigenvalue weighted by Gasteiger charge is -2.04. The van der Waals surface area contributed by atoms with E-state index in [-0.39, 0.29) is 0 Å². The molecule has 0 saturated carbocycles. The third kappa shape index (κ3) is 1.86. The fourth-order valence-electron chi connectivity index (χ4n) is 0.641. The van der Waals surface area contributed by atoms with Gasteiger partial charge in [-0.25, -0.2) is 4.98 Å². The van der Waals surface area contributed by atoms with E-state index in [4.69, 9.17) is 17.4 Å². The number of anilines is 1. The van der Waals surface area contributed by atoms with Gasteiger partial charge in [0.2, 0.25) is 0 Å². The van der Waals surface area contributed by atoms with Gasteiger partial charge in [0.05, 0.1) is 11.1 Å². The van der Waals surface area contributed by atoms with Gasteiger partial charge in [-0.3, -0.25) is 0 Å². The Morgan fingerprint density at radius 3 is 2.75 bits per heavy atom. The molecule has 0 aliphatic carbocycles. The zero-order chi connectivity index (χ0) is 9.14. The third-order valence-electron chi connectivity index (χ3n) is 1.17. The van der Waals surface area contributed by atoms with Gasteiger partial charge in [-0.15, -0.1) is 0 Å². The third-order valence-corrected chi connectivity index (χ3v) is 2.73. The quantitative estimate of drug-likeness (QED) is 0.447. The summed E-state index contributed by atoms with van der Waals surface area (Å²) in [6, 6.07) is 0. The predicted molar refractivity (Wildman–Crippen MR) is 53.2 cm³/mol. The van der Waals surface area contributed by atoms with Crippen LogP contribution in [0.2, 0.25) is 5.15 Å². The van der Waals surface area contributed by atoms with Gasteiger partial charge in [-0.05, 0) is 0 Å². The molecule has 66 valence electrons. The summed E-state index contributed by atoms with van der Waals surface area (Å²) in [7, 11) is 3.80. The Kier molecular flexibility index (Phi) is 2.88. The lowest BCUT2D eigenvalue weighted by Crippen LogP contribution is -2.07. The molecule has 2 N–H and O–H groups in total. The van der Waals surface area contributed by atoms with E-state index in [1.165, 1.54) is 17.6 Å². The lowest BCUT2D eigenvalue weighted by atomic mass is 10.6. The average molecular weight is 205 g/mol. The Morgan fingerprint density at radius 2 is 2.33 bits per heavy atom. The summed E-state index contributed by atoms with van der Waals surface area (Å²) in [5.74, 6) is 4.99. The van der Waals surface area contributed by atoms with Crippen LogP contribution in [-0.4, -0.2) is 25.3 Å². The fourth-order valence-corrected chi connectivity index (χ4v) is 1.70. The van der Waals surface area contributed by atoms with Crippen LogP contribution in [0.1, 0.15) is 4.88 Å². The Labute approximate surface area is 79.7 Å². The van der Waals surface area contributed by atoms with Gasteiger partial charge in [-0.2, -0.15) is 5.10 Å². The van der Waals surface area contributed by atoms with Crippen molar-refractivity contribution < 1.29 is 0 Å². The van der Waals surface area contributed by atoms with Gasteiger partial charge in [0, 0.05) is 14.1 Å². The van der Waals surface area contributed by atoms with E-state index in [1.807, 2.05) is 19.0 Å². The van der Waals surface area contributed by atoms with E-state index < -0.39 is 0 Å². The van der Waals surface area contributed by atoms with Crippen LogP contribution in [-0.2, 0) is 0 Å². The van der Waals surface area contributed by atoms with Crippen molar-refractivity contribution in [1.29, 1.82) is 0 Å². The molecule has 0 amide bonds. The summed E-state index contributed by atoms with van der Waals surface area (Å²) in [4.78, 5) is 6.75. The molecule has 0 unspecified atom stereocenters. The minimum atomic E-state index is 0.443. The van der Waals surface area contributed by atoms with Crippen LogP contribution in [0.3, 0.4) is 0 Å². The van der Waals surface area contributed by atoms with E-state index in [0.29, 0.717) is 5.15 Å². The molecule has 0 atom stereocenters. The molecule has 0 saturated heterocycles. The molecular weight excluding hydrogens is 196 g/mol. The second-order valence-electron chi connectivity index (χ2n) is 2.32. The first-order chi connectivity index (χ1) is 5.65. The molecule has 4 nitrogen and oxygen atoms in total. The number of nitrogens with two attached hydrogens (primary N) is 1. The molecule has 0 aliphatic heterocycles. The van der Waals surface area contributed by atoms with Crippen molar-refractivity contribution >= 4 is 34.3 Å². The van der Waals surface area contributed by atoms with Gasteiger partial charge >= 0.3 is 0 Å². The molecule has 0 aromatic carbocycles. The minimum Gasteiger partial charge on any atom is -0.354 e. The smallest absolute Gasteiger partial charge is 0.186 e. The molecule has 0 fully saturated rings. The molecule has 1 aromatic rings. The molecule has 0 bridgehead atoms. The van der Waals surface area contributed by atoms with E-state index in [9.17, 15) is 0 Å². The molecular formula is C6H9ClN4S.